The molecule has 76 valence electrons. The highest BCUT2D eigenvalue weighted by Crippen LogP contribution is 2.05. The van der Waals surface area contributed by atoms with Crippen LogP contribution < -0.4 is 5.32 Å². The molecule has 1 N–H and O–H groups in total. The molecule has 0 aliphatic carbocycles. The third kappa shape index (κ3) is 7.87. The molecule has 0 radical (unpaired) electrons. The normalized spacial score (nSPS) is 12.8. The minimum absolute atomic E-state index is 0.277. The van der Waals surface area contributed by atoms with Crippen LogP contribution in [0.2, 0.25) is 0 Å². The van der Waals surface area contributed by atoms with E-state index < -0.39 is 0 Å². The molecule has 0 saturated carbocycles. The molecule has 1 heteroatoms. The summed E-state index contributed by atoms with van der Waals surface area (Å²) >= 11 is 0. The average molecular weight is 181 g/mol. The Morgan fingerprint density at radius 2 is 2.00 bits per heavy atom. The first kappa shape index (κ1) is 12.5. The van der Waals surface area contributed by atoms with E-state index in [0.29, 0.717) is 0 Å². The molecule has 1 nitrogen and oxygen atoms in total. The summed E-state index contributed by atoms with van der Waals surface area (Å²) in [5, 5.41) is 3.36. The van der Waals surface area contributed by atoms with Gasteiger partial charge in [0.25, 0.3) is 0 Å². The maximum Gasteiger partial charge on any atom is 0.0684 e. The lowest BCUT2D eigenvalue weighted by atomic mass is 10.1. The number of nitrogens with one attached hydrogen (secondary N) is 1. The molecule has 13 heavy (non-hydrogen) atoms. The molecule has 0 aliphatic rings. The number of hydrogen-bond donors (Lipinski definition) is 1. The van der Waals surface area contributed by atoms with Crippen LogP contribution in [0.25, 0.3) is 0 Å². The fourth-order valence-electron chi connectivity index (χ4n) is 1.27. The molecule has 0 spiro atoms. The second-order valence-corrected chi connectivity index (χ2v) is 3.97. The molecule has 0 aromatic rings. The molecule has 0 heterocycles. The average Bonchev–Trinajstić information content (AvgIpc) is 2.11. The van der Waals surface area contributed by atoms with Crippen molar-refractivity contribution in [3.05, 3.63) is 0 Å². The van der Waals surface area contributed by atoms with E-state index in [1.807, 2.05) is 0 Å². The molecular weight excluding hydrogens is 158 g/mol. The van der Waals surface area contributed by atoms with Gasteiger partial charge in [0, 0.05) is 0 Å². The zero-order valence-electron chi connectivity index (χ0n) is 9.27. The van der Waals surface area contributed by atoms with Gasteiger partial charge in [-0.2, -0.15) is 0 Å². The minimum atomic E-state index is 0.277. The summed E-state index contributed by atoms with van der Waals surface area (Å²) in [7, 11) is 0. The Hall–Kier alpha value is -0.480. The number of unbranched alkanes of at least 4 members (excludes halogenated alkanes) is 1. The highest BCUT2D eigenvalue weighted by atomic mass is 14.9. The van der Waals surface area contributed by atoms with E-state index in [4.69, 9.17) is 6.42 Å². The molecule has 0 saturated heterocycles. The smallest absolute Gasteiger partial charge is 0.0684 e. The molecule has 0 rings (SSSR count). The van der Waals surface area contributed by atoms with Gasteiger partial charge in [-0.3, -0.25) is 0 Å². The fourth-order valence-corrected chi connectivity index (χ4v) is 1.27. The van der Waals surface area contributed by atoms with E-state index >= 15 is 0 Å². The molecule has 1 unspecified atom stereocenters. The van der Waals surface area contributed by atoms with E-state index in [0.717, 1.165) is 18.9 Å². The topological polar surface area (TPSA) is 12.0 Å². The van der Waals surface area contributed by atoms with Gasteiger partial charge in [0.15, 0.2) is 0 Å². The largest absolute Gasteiger partial charge is 0.304 e. The van der Waals surface area contributed by atoms with Gasteiger partial charge in [0.1, 0.15) is 0 Å². The van der Waals surface area contributed by atoms with Crippen molar-refractivity contribution in [3.63, 3.8) is 0 Å². The van der Waals surface area contributed by atoms with Gasteiger partial charge < -0.3 is 5.32 Å². The van der Waals surface area contributed by atoms with Gasteiger partial charge in [-0.05, 0) is 25.3 Å². The summed E-state index contributed by atoms with van der Waals surface area (Å²) in [5.74, 6) is 3.57. The first-order valence-corrected chi connectivity index (χ1v) is 5.40. The second-order valence-electron chi connectivity index (χ2n) is 3.97. The maximum atomic E-state index is 5.33. The van der Waals surface area contributed by atoms with Crippen LogP contribution in [0.1, 0.15) is 46.5 Å². The quantitative estimate of drug-likeness (QED) is 0.470. The van der Waals surface area contributed by atoms with Crippen molar-refractivity contribution >= 4 is 0 Å². The van der Waals surface area contributed by atoms with E-state index in [1.54, 1.807) is 0 Å². The van der Waals surface area contributed by atoms with Gasteiger partial charge in [-0.15, -0.1) is 6.42 Å². The van der Waals surface area contributed by atoms with E-state index in [-0.39, 0.29) is 6.04 Å². The summed E-state index contributed by atoms with van der Waals surface area (Å²) < 4.78 is 0. The van der Waals surface area contributed by atoms with E-state index in [1.165, 1.54) is 19.3 Å². The molecule has 0 bridgehead atoms. The highest BCUT2D eigenvalue weighted by Gasteiger charge is 1.99. The summed E-state index contributed by atoms with van der Waals surface area (Å²) in [6.45, 7) is 7.72. The third-order valence-electron chi connectivity index (χ3n) is 2.21. The Labute approximate surface area is 83.3 Å². The monoisotopic (exact) mass is 181 g/mol. The zero-order valence-corrected chi connectivity index (χ0v) is 9.27. The Kier molecular flexibility index (Phi) is 7.83. The lowest BCUT2D eigenvalue weighted by Crippen LogP contribution is -2.27. The van der Waals surface area contributed by atoms with Crippen molar-refractivity contribution < 1.29 is 0 Å². The van der Waals surface area contributed by atoms with Crippen LogP contribution in [0, 0.1) is 18.3 Å². The van der Waals surface area contributed by atoms with Crippen molar-refractivity contribution in [2.45, 2.75) is 52.5 Å². The van der Waals surface area contributed by atoms with Crippen molar-refractivity contribution in [2.75, 3.05) is 6.54 Å². The maximum absolute atomic E-state index is 5.33. The van der Waals surface area contributed by atoms with E-state index in [9.17, 15) is 0 Å². The van der Waals surface area contributed by atoms with Gasteiger partial charge in [0.05, 0.1) is 6.04 Å². The number of terminal acetylenes is 1. The van der Waals surface area contributed by atoms with Crippen molar-refractivity contribution in [1.82, 2.24) is 5.32 Å². The summed E-state index contributed by atoms with van der Waals surface area (Å²) in [5.41, 5.74) is 0. The van der Waals surface area contributed by atoms with Crippen LogP contribution in [0.15, 0.2) is 0 Å². The Morgan fingerprint density at radius 1 is 1.31 bits per heavy atom. The van der Waals surface area contributed by atoms with Crippen molar-refractivity contribution in [1.29, 1.82) is 0 Å². The SMILES string of the molecule is C#CC(CC)NCCCCC(C)C. The first-order chi connectivity index (χ1) is 6.20. The predicted octanol–water partition coefficient (Wildman–Crippen LogP) is 2.81. The summed E-state index contributed by atoms with van der Waals surface area (Å²) in [6, 6.07) is 0.277. The molecule has 0 amide bonds. The van der Waals surface area contributed by atoms with Crippen LogP contribution in [-0.2, 0) is 0 Å². The molecule has 0 fully saturated rings. The molecule has 0 aliphatic heterocycles. The van der Waals surface area contributed by atoms with Gasteiger partial charge in [-0.1, -0.05) is 39.5 Å². The fraction of sp³-hybridized carbons (Fsp3) is 0.833. The molecule has 1 atom stereocenters. The number of hydrogen-bond acceptors (Lipinski definition) is 1. The van der Waals surface area contributed by atoms with Crippen molar-refractivity contribution in [2.24, 2.45) is 5.92 Å². The zero-order chi connectivity index (χ0) is 10.1. The van der Waals surface area contributed by atoms with Gasteiger partial charge >= 0.3 is 0 Å². The Balaban J connectivity index is 3.21. The first-order valence-electron chi connectivity index (χ1n) is 5.40. The van der Waals surface area contributed by atoms with Crippen LogP contribution in [0.3, 0.4) is 0 Å². The number of rotatable bonds is 7. The standard InChI is InChI=1S/C12H23N/c1-5-12(6-2)13-10-8-7-9-11(3)4/h1,11-13H,6-10H2,2-4H3. The molecular formula is C12H23N. The molecule has 0 aromatic heterocycles. The minimum Gasteiger partial charge on any atom is -0.304 e. The molecule has 0 aromatic carbocycles. The second kappa shape index (κ2) is 8.13. The van der Waals surface area contributed by atoms with Crippen LogP contribution in [-0.4, -0.2) is 12.6 Å². The van der Waals surface area contributed by atoms with Crippen LogP contribution >= 0.6 is 0 Å². The Bertz CT molecular complexity index is 144. The lowest BCUT2D eigenvalue weighted by Gasteiger charge is -2.10. The van der Waals surface area contributed by atoms with E-state index in [2.05, 4.69) is 32.0 Å². The predicted molar refractivity (Wildman–Crippen MR) is 59.6 cm³/mol. The lowest BCUT2D eigenvalue weighted by molar-refractivity contribution is 0.505. The third-order valence-corrected chi connectivity index (χ3v) is 2.21. The Morgan fingerprint density at radius 3 is 2.46 bits per heavy atom. The van der Waals surface area contributed by atoms with Crippen LogP contribution in [0.5, 0.6) is 0 Å². The van der Waals surface area contributed by atoms with Crippen molar-refractivity contribution in [3.8, 4) is 12.3 Å². The summed E-state index contributed by atoms with van der Waals surface area (Å²) in [4.78, 5) is 0. The van der Waals surface area contributed by atoms with Gasteiger partial charge in [0.2, 0.25) is 0 Å². The summed E-state index contributed by atoms with van der Waals surface area (Å²) in [6.07, 6.45) is 10.2. The van der Waals surface area contributed by atoms with Gasteiger partial charge in [-0.25, -0.2) is 0 Å². The van der Waals surface area contributed by atoms with Crippen LogP contribution in [0.4, 0.5) is 0 Å². The highest BCUT2D eigenvalue weighted by molar-refractivity contribution is 4.97.